The van der Waals surface area contributed by atoms with Crippen molar-refractivity contribution in [2.75, 3.05) is 13.2 Å². The van der Waals surface area contributed by atoms with Gasteiger partial charge in [-0.15, -0.1) is 0 Å². The van der Waals surface area contributed by atoms with Crippen LogP contribution in [0.1, 0.15) is 239 Å². The molecule has 0 saturated carbocycles. The summed E-state index contributed by atoms with van der Waals surface area (Å²) in [7, 11) is 0. The quantitative estimate of drug-likeness (QED) is 0.0262. The van der Waals surface area contributed by atoms with E-state index < -0.39 is 6.10 Å². The van der Waals surface area contributed by atoms with E-state index in [0.717, 1.165) is 128 Å². The maximum atomic E-state index is 12.8. The van der Waals surface area contributed by atoms with Crippen LogP contribution in [0, 0.1) is 0 Å². The van der Waals surface area contributed by atoms with Gasteiger partial charge in [-0.25, -0.2) is 0 Å². The third kappa shape index (κ3) is 51.2. The maximum Gasteiger partial charge on any atom is 0.306 e. The van der Waals surface area contributed by atoms with E-state index in [2.05, 4.69) is 118 Å². The average Bonchev–Trinajstić information content (AvgIpc) is 3.30. The molecule has 0 aliphatic carbocycles. The molecule has 0 spiro atoms. The van der Waals surface area contributed by atoms with Gasteiger partial charge < -0.3 is 14.2 Å². The van der Waals surface area contributed by atoms with E-state index in [1.54, 1.807) is 0 Å². The van der Waals surface area contributed by atoms with Gasteiger partial charge in [0.2, 0.25) is 0 Å². The highest BCUT2D eigenvalue weighted by molar-refractivity contribution is 5.71. The fourth-order valence-corrected chi connectivity index (χ4v) is 7.16. The topological polar surface area (TPSA) is 78.9 Å². The van der Waals surface area contributed by atoms with Gasteiger partial charge in [0.05, 0.1) is 0 Å². The number of ether oxygens (including phenoxy) is 3. The zero-order valence-electron chi connectivity index (χ0n) is 42.2. The van der Waals surface area contributed by atoms with Crippen molar-refractivity contribution in [3.63, 3.8) is 0 Å². The fraction of sp³-hybridized carbons (Fsp3) is 0.678. The monoisotopic (exact) mass is 903 g/mol. The number of esters is 3. The number of hydrogen-bond acceptors (Lipinski definition) is 6. The molecule has 0 aromatic heterocycles. The molecule has 0 radical (unpaired) electrons. The van der Waals surface area contributed by atoms with Crippen molar-refractivity contribution in [1.29, 1.82) is 0 Å². The molecule has 0 aliphatic rings. The normalized spacial score (nSPS) is 12.8. The van der Waals surface area contributed by atoms with Crippen molar-refractivity contribution in [2.24, 2.45) is 0 Å². The van der Waals surface area contributed by atoms with E-state index in [4.69, 9.17) is 14.2 Å². The lowest BCUT2D eigenvalue weighted by Crippen LogP contribution is -2.30. The summed E-state index contributed by atoms with van der Waals surface area (Å²) in [5.41, 5.74) is 0. The average molecular weight is 903 g/mol. The molecule has 0 aromatic rings. The van der Waals surface area contributed by atoms with Gasteiger partial charge in [0.15, 0.2) is 6.10 Å². The van der Waals surface area contributed by atoms with Gasteiger partial charge in [-0.1, -0.05) is 208 Å². The Morgan fingerprint density at radius 3 is 0.862 bits per heavy atom. The Kier molecular flexibility index (Phi) is 50.0. The highest BCUT2D eigenvalue weighted by Gasteiger charge is 2.19. The molecule has 0 heterocycles. The predicted octanol–water partition coefficient (Wildman–Crippen LogP) is 17.8. The molecule has 0 rings (SSSR count). The van der Waals surface area contributed by atoms with Gasteiger partial charge in [-0.3, -0.25) is 14.4 Å². The Hall–Kier alpha value is -3.67. The van der Waals surface area contributed by atoms with Gasteiger partial charge in [0.1, 0.15) is 13.2 Å². The minimum absolute atomic E-state index is 0.0930. The molecule has 6 nitrogen and oxygen atoms in total. The summed E-state index contributed by atoms with van der Waals surface area (Å²) >= 11 is 0. The van der Waals surface area contributed by atoms with Crippen LogP contribution in [0.4, 0.5) is 0 Å². The van der Waals surface area contributed by atoms with E-state index in [1.165, 1.54) is 70.6 Å². The van der Waals surface area contributed by atoms with Crippen LogP contribution in [0.25, 0.3) is 0 Å². The number of allylic oxidation sites excluding steroid dienone is 16. The summed E-state index contributed by atoms with van der Waals surface area (Å²) in [5, 5.41) is 0. The van der Waals surface area contributed by atoms with E-state index in [0.29, 0.717) is 19.3 Å². The summed E-state index contributed by atoms with van der Waals surface area (Å²) in [6.45, 7) is 6.28. The van der Waals surface area contributed by atoms with Crippen LogP contribution in [0.2, 0.25) is 0 Å². The van der Waals surface area contributed by atoms with Crippen LogP contribution >= 0.6 is 0 Å². The highest BCUT2D eigenvalue weighted by Crippen LogP contribution is 2.14. The van der Waals surface area contributed by atoms with Crippen LogP contribution in [-0.2, 0) is 28.6 Å². The van der Waals surface area contributed by atoms with Crippen LogP contribution in [0.15, 0.2) is 97.2 Å². The maximum absolute atomic E-state index is 12.8. The number of rotatable bonds is 47. The molecule has 0 bridgehead atoms. The molecule has 0 N–H and O–H groups in total. The molecule has 0 aliphatic heterocycles. The van der Waals surface area contributed by atoms with Gasteiger partial charge in [-0.2, -0.15) is 0 Å². The van der Waals surface area contributed by atoms with E-state index in [9.17, 15) is 14.4 Å². The molecule has 6 heteroatoms. The lowest BCUT2D eigenvalue weighted by Gasteiger charge is -2.18. The lowest BCUT2D eigenvalue weighted by atomic mass is 10.1. The second kappa shape index (κ2) is 52.9. The van der Waals surface area contributed by atoms with Crippen LogP contribution in [0.5, 0.6) is 0 Å². The second-order valence-electron chi connectivity index (χ2n) is 17.3. The van der Waals surface area contributed by atoms with E-state index in [-0.39, 0.29) is 31.1 Å². The van der Waals surface area contributed by atoms with Crippen molar-refractivity contribution < 1.29 is 28.6 Å². The second-order valence-corrected chi connectivity index (χ2v) is 17.3. The zero-order chi connectivity index (χ0) is 47.2. The first kappa shape index (κ1) is 61.3. The standard InChI is InChI=1S/C59H98O6/c1-4-7-10-13-16-19-22-25-28-29-30-31-32-35-37-40-43-46-49-52-58(61)64-55-56(65-59(62)53-50-47-44-41-38-34-27-24-21-18-15-12-9-6-3)54-63-57(60)51-48-45-42-39-36-33-26-23-20-17-14-11-8-5-2/h7-12,16-21,25,27-28,34,56H,4-6,13-15,22-24,26,29-33,35-55H2,1-3H3/b10-7-,11-8-,12-9-,19-16-,20-17-,21-18-,28-25-,34-27-. The molecular formula is C59H98O6. The van der Waals surface area contributed by atoms with E-state index in [1.807, 2.05) is 0 Å². The van der Waals surface area contributed by atoms with E-state index >= 15 is 0 Å². The molecule has 65 heavy (non-hydrogen) atoms. The number of carbonyl (C=O) groups is 3. The summed E-state index contributed by atoms with van der Waals surface area (Å²) in [4.78, 5) is 38.0. The fourth-order valence-electron chi connectivity index (χ4n) is 7.16. The summed E-state index contributed by atoms with van der Waals surface area (Å²) < 4.78 is 16.8. The van der Waals surface area contributed by atoms with Gasteiger partial charge in [0.25, 0.3) is 0 Å². The molecule has 1 atom stereocenters. The Balaban J connectivity index is 4.41. The minimum Gasteiger partial charge on any atom is -0.462 e. The molecule has 0 saturated heterocycles. The number of hydrogen-bond donors (Lipinski definition) is 0. The van der Waals surface area contributed by atoms with Crippen LogP contribution in [0.3, 0.4) is 0 Å². The van der Waals surface area contributed by atoms with Crippen molar-refractivity contribution in [1.82, 2.24) is 0 Å². The first-order valence-corrected chi connectivity index (χ1v) is 26.7. The Labute approximate surface area is 400 Å². The van der Waals surface area contributed by atoms with Crippen LogP contribution < -0.4 is 0 Å². The smallest absolute Gasteiger partial charge is 0.306 e. The Bertz CT molecular complexity index is 1310. The molecular weight excluding hydrogens is 805 g/mol. The van der Waals surface area contributed by atoms with Crippen molar-refractivity contribution in [3.05, 3.63) is 97.2 Å². The Morgan fingerprint density at radius 2 is 0.554 bits per heavy atom. The highest BCUT2D eigenvalue weighted by atomic mass is 16.6. The Morgan fingerprint density at radius 1 is 0.308 bits per heavy atom. The molecule has 0 aromatic carbocycles. The molecule has 0 fully saturated rings. The lowest BCUT2D eigenvalue weighted by molar-refractivity contribution is -0.167. The summed E-state index contributed by atoms with van der Waals surface area (Å²) in [6, 6.07) is 0. The van der Waals surface area contributed by atoms with Gasteiger partial charge in [0, 0.05) is 19.3 Å². The molecule has 370 valence electrons. The SMILES string of the molecule is CC/C=C\C/C=C\C/C=C\CCCCCCCCCCCC(=O)OCC(COC(=O)CCCCCCCCC/C=C\C/C=C\CC)OC(=O)CCCCCC/C=C\C/C=C\C/C=C\CC. The first-order valence-electron chi connectivity index (χ1n) is 26.7. The first-order chi connectivity index (χ1) is 32.0. The summed E-state index contributed by atoms with van der Waals surface area (Å²) in [6.07, 6.45) is 69.6. The minimum atomic E-state index is -0.795. The van der Waals surface area contributed by atoms with Crippen molar-refractivity contribution in [2.45, 2.75) is 245 Å². The zero-order valence-corrected chi connectivity index (χ0v) is 42.2. The molecule has 0 amide bonds. The van der Waals surface area contributed by atoms with Gasteiger partial charge >= 0.3 is 17.9 Å². The van der Waals surface area contributed by atoms with Crippen LogP contribution in [-0.4, -0.2) is 37.2 Å². The van der Waals surface area contributed by atoms with Crippen molar-refractivity contribution in [3.8, 4) is 0 Å². The predicted molar refractivity (Wildman–Crippen MR) is 279 cm³/mol. The third-order valence-electron chi connectivity index (χ3n) is 11.1. The number of unbranched alkanes of at least 4 members (excludes halogenated alkanes) is 20. The summed E-state index contributed by atoms with van der Waals surface area (Å²) in [5.74, 6) is -0.930. The van der Waals surface area contributed by atoms with Crippen molar-refractivity contribution >= 4 is 17.9 Å². The van der Waals surface area contributed by atoms with Gasteiger partial charge in [-0.05, 0) is 109 Å². The largest absolute Gasteiger partial charge is 0.462 e. The third-order valence-corrected chi connectivity index (χ3v) is 11.1. The number of carbonyl (C=O) groups excluding carboxylic acids is 3. The molecule has 1 unspecified atom stereocenters.